The molecule has 0 saturated heterocycles. The smallest absolute Gasteiger partial charge is 0.0925 e. The van der Waals surface area contributed by atoms with E-state index < -0.39 is 12.2 Å². The predicted molar refractivity (Wildman–Crippen MR) is 37.2 cm³/mol. The van der Waals surface area contributed by atoms with Gasteiger partial charge in [-0.3, -0.25) is 0 Å². The maximum atomic E-state index is 8.88. The van der Waals surface area contributed by atoms with Crippen LogP contribution in [0.25, 0.3) is 0 Å². The van der Waals surface area contributed by atoms with E-state index in [-0.39, 0.29) is 0 Å². The monoisotopic (exact) mass is 147 g/mol. The molecule has 0 rings (SSSR count). The first-order valence-corrected chi connectivity index (χ1v) is 3.20. The molecule has 4 heteroatoms. The van der Waals surface area contributed by atoms with Crippen LogP contribution >= 0.6 is 0 Å². The van der Waals surface area contributed by atoms with E-state index in [1.165, 1.54) is 0 Å². The Morgan fingerprint density at radius 1 is 1.40 bits per heavy atom. The summed E-state index contributed by atoms with van der Waals surface area (Å²) in [6, 6.07) is 0. The van der Waals surface area contributed by atoms with Crippen LogP contribution in [0.15, 0.2) is 5.16 Å². The first-order chi connectivity index (χ1) is 4.66. The van der Waals surface area contributed by atoms with Crippen LogP contribution in [0.5, 0.6) is 0 Å². The summed E-state index contributed by atoms with van der Waals surface area (Å²) in [7, 11) is 0. The highest BCUT2D eigenvalue weighted by molar-refractivity contribution is 5.61. The first-order valence-electron chi connectivity index (χ1n) is 3.20. The van der Waals surface area contributed by atoms with Gasteiger partial charge >= 0.3 is 0 Å². The van der Waals surface area contributed by atoms with E-state index in [1.807, 2.05) is 0 Å². The average molecular weight is 147 g/mol. The molecule has 0 aromatic carbocycles. The molecule has 0 aliphatic heterocycles. The highest BCUT2D eigenvalue weighted by atomic mass is 16.4. The lowest BCUT2D eigenvalue weighted by molar-refractivity contribution is 0.152. The summed E-state index contributed by atoms with van der Waals surface area (Å²) >= 11 is 0. The average Bonchev–Trinajstić information content (AvgIpc) is 1.85. The number of rotatable bonds is 4. The van der Waals surface area contributed by atoms with Crippen molar-refractivity contribution in [3.63, 3.8) is 0 Å². The van der Waals surface area contributed by atoms with Gasteiger partial charge in [-0.2, -0.15) is 0 Å². The number of aliphatic hydroxyl groups is 2. The molecule has 0 saturated carbocycles. The molecule has 0 spiro atoms. The number of oxime groups is 1. The van der Waals surface area contributed by atoms with Crippen molar-refractivity contribution in [2.24, 2.45) is 5.16 Å². The molecular weight excluding hydrogens is 134 g/mol. The maximum absolute atomic E-state index is 8.88. The van der Waals surface area contributed by atoms with E-state index in [0.717, 1.165) is 6.21 Å². The molecule has 0 radical (unpaired) electrons. The Morgan fingerprint density at radius 2 is 2.00 bits per heavy atom. The topological polar surface area (TPSA) is 73.0 Å². The number of hydrogen-bond acceptors (Lipinski definition) is 4. The van der Waals surface area contributed by atoms with Crippen molar-refractivity contribution >= 4 is 6.21 Å². The molecule has 10 heavy (non-hydrogen) atoms. The van der Waals surface area contributed by atoms with Gasteiger partial charge in [-0.25, -0.2) is 0 Å². The van der Waals surface area contributed by atoms with Gasteiger partial charge < -0.3 is 15.4 Å². The molecule has 4 nitrogen and oxygen atoms in total. The van der Waals surface area contributed by atoms with Crippen LogP contribution in [0.1, 0.15) is 19.8 Å². The molecule has 1 unspecified atom stereocenters. The Labute approximate surface area is 59.8 Å². The highest BCUT2D eigenvalue weighted by Crippen LogP contribution is 1.98. The fourth-order valence-corrected chi connectivity index (χ4v) is 0.563. The Balaban J connectivity index is 3.30. The summed E-state index contributed by atoms with van der Waals surface area (Å²) < 4.78 is 0. The molecule has 0 fully saturated rings. The van der Waals surface area contributed by atoms with Crippen molar-refractivity contribution in [3.8, 4) is 0 Å². The maximum Gasteiger partial charge on any atom is 0.0925 e. The van der Waals surface area contributed by atoms with Gasteiger partial charge in [0.15, 0.2) is 0 Å². The Bertz CT molecular complexity index is 103. The van der Waals surface area contributed by atoms with Crippen molar-refractivity contribution < 1.29 is 15.4 Å². The predicted octanol–water partition coefficient (Wildman–Crippen LogP) is -0.0317. The van der Waals surface area contributed by atoms with Gasteiger partial charge in [-0.05, 0) is 19.8 Å². The summed E-state index contributed by atoms with van der Waals surface area (Å²) in [4.78, 5) is 0. The minimum Gasteiger partial charge on any atom is -0.411 e. The zero-order valence-electron chi connectivity index (χ0n) is 5.94. The second-order valence-corrected chi connectivity index (χ2v) is 2.26. The van der Waals surface area contributed by atoms with Crippen LogP contribution < -0.4 is 0 Å². The molecular formula is C6H13NO3. The van der Waals surface area contributed by atoms with Crippen molar-refractivity contribution in [3.05, 3.63) is 0 Å². The molecule has 0 heterocycles. The summed E-state index contributed by atoms with van der Waals surface area (Å²) in [5, 5.41) is 28.2. The minimum atomic E-state index is -0.750. The van der Waals surface area contributed by atoms with Crippen molar-refractivity contribution in [2.75, 3.05) is 0 Å². The number of nitrogens with zero attached hydrogens (tertiary/aromatic N) is 1. The van der Waals surface area contributed by atoms with E-state index in [2.05, 4.69) is 5.16 Å². The van der Waals surface area contributed by atoms with Gasteiger partial charge in [0.05, 0.1) is 18.4 Å². The molecule has 3 N–H and O–H groups in total. The van der Waals surface area contributed by atoms with E-state index >= 15 is 0 Å². The van der Waals surface area contributed by atoms with E-state index in [0.29, 0.717) is 12.8 Å². The Hall–Kier alpha value is -0.610. The molecule has 0 aliphatic rings. The van der Waals surface area contributed by atoms with Crippen LogP contribution in [0.3, 0.4) is 0 Å². The Morgan fingerprint density at radius 3 is 2.40 bits per heavy atom. The minimum absolute atomic E-state index is 0.415. The van der Waals surface area contributed by atoms with E-state index in [4.69, 9.17) is 15.4 Å². The third-order valence-electron chi connectivity index (χ3n) is 1.12. The number of aliphatic hydroxyl groups excluding tert-OH is 2. The quantitative estimate of drug-likeness (QED) is 0.297. The molecule has 0 bridgehead atoms. The Kier molecular flexibility index (Phi) is 4.88. The zero-order valence-corrected chi connectivity index (χ0v) is 5.94. The standard InChI is InChI=1S/C6H13NO3/c1-5(8)2-3-6(9)4-7-10/h4-6,8-10H,2-3H2,1H3/b7-4+/t5-,6?/m0/s1. The van der Waals surface area contributed by atoms with Gasteiger partial charge in [0.2, 0.25) is 0 Å². The largest absolute Gasteiger partial charge is 0.411 e. The summed E-state index contributed by atoms with van der Waals surface area (Å²) in [5.41, 5.74) is 0. The van der Waals surface area contributed by atoms with Gasteiger partial charge in [0.25, 0.3) is 0 Å². The molecule has 0 aliphatic carbocycles. The normalized spacial score (nSPS) is 17.5. The van der Waals surface area contributed by atoms with Crippen LogP contribution in [0.2, 0.25) is 0 Å². The SMILES string of the molecule is C[C@H](O)CCC(O)/C=N/O. The second kappa shape index (κ2) is 5.20. The van der Waals surface area contributed by atoms with Crippen LogP contribution in [0.4, 0.5) is 0 Å². The first kappa shape index (κ1) is 9.39. The fraction of sp³-hybridized carbons (Fsp3) is 0.833. The summed E-state index contributed by atoms with van der Waals surface area (Å²) in [6.07, 6.45) is 0.790. The third kappa shape index (κ3) is 5.53. The van der Waals surface area contributed by atoms with Gasteiger partial charge in [0.1, 0.15) is 0 Å². The lowest BCUT2D eigenvalue weighted by Gasteiger charge is -2.04. The fourth-order valence-electron chi connectivity index (χ4n) is 0.563. The third-order valence-corrected chi connectivity index (χ3v) is 1.12. The summed E-state index contributed by atoms with van der Waals surface area (Å²) in [5.74, 6) is 0. The van der Waals surface area contributed by atoms with Crippen molar-refractivity contribution in [1.29, 1.82) is 0 Å². The summed E-state index contributed by atoms with van der Waals surface area (Å²) in [6.45, 7) is 1.64. The van der Waals surface area contributed by atoms with Crippen molar-refractivity contribution in [2.45, 2.75) is 32.0 Å². The molecule has 2 atom stereocenters. The lowest BCUT2D eigenvalue weighted by atomic mass is 10.1. The van der Waals surface area contributed by atoms with E-state index in [9.17, 15) is 0 Å². The van der Waals surface area contributed by atoms with Crippen LogP contribution in [0, 0.1) is 0 Å². The molecule has 0 aromatic rings. The number of hydrogen-bond donors (Lipinski definition) is 3. The van der Waals surface area contributed by atoms with E-state index in [1.54, 1.807) is 6.92 Å². The molecule has 60 valence electrons. The van der Waals surface area contributed by atoms with Crippen molar-refractivity contribution in [1.82, 2.24) is 0 Å². The van der Waals surface area contributed by atoms with Gasteiger partial charge in [0, 0.05) is 0 Å². The van der Waals surface area contributed by atoms with Gasteiger partial charge in [-0.15, -0.1) is 0 Å². The molecule has 0 amide bonds. The van der Waals surface area contributed by atoms with Crippen LogP contribution in [-0.4, -0.2) is 33.8 Å². The highest BCUT2D eigenvalue weighted by Gasteiger charge is 2.02. The lowest BCUT2D eigenvalue weighted by Crippen LogP contribution is -2.11. The van der Waals surface area contributed by atoms with Gasteiger partial charge in [-0.1, -0.05) is 5.16 Å². The van der Waals surface area contributed by atoms with Crippen LogP contribution in [-0.2, 0) is 0 Å². The second-order valence-electron chi connectivity index (χ2n) is 2.26. The zero-order chi connectivity index (χ0) is 7.98. The molecule has 0 aromatic heterocycles.